The minimum atomic E-state index is -3.22. The van der Waals surface area contributed by atoms with E-state index in [1.165, 1.54) is 0 Å². The summed E-state index contributed by atoms with van der Waals surface area (Å²) in [5.74, 6) is 0. The van der Waals surface area contributed by atoms with Crippen molar-refractivity contribution in [2.24, 2.45) is 0 Å². The van der Waals surface area contributed by atoms with Crippen LogP contribution in [0.1, 0.15) is 15.3 Å². The molecule has 0 aliphatic rings. The second-order valence-corrected chi connectivity index (χ2v) is 3.45. The van der Waals surface area contributed by atoms with Crippen LogP contribution < -0.4 is 29.6 Å². The van der Waals surface area contributed by atoms with Crippen molar-refractivity contribution in [3.63, 3.8) is 0 Å². The first-order valence-corrected chi connectivity index (χ1v) is 4.12. The van der Waals surface area contributed by atoms with Crippen molar-refractivity contribution < 1.29 is 43.6 Å². The van der Waals surface area contributed by atoms with Gasteiger partial charge in [-0.25, -0.2) is 0 Å². The molecule has 0 aromatic rings. The Kier molecular flexibility index (Phi) is 6.54. The van der Waals surface area contributed by atoms with Gasteiger partial charge in [-0.3, -0.25) is 4.18 Å². The molecule has 0 N–H and O–H groups in total. The van der Waals surface area contributed by atoms with Gasteiger partial charge in [-0.2, -0.15) is 8.42 Å². The number of hydrogen-bond acceptors (Lipinski definition) is 3. The Hall–Kier alpha value is 0.910. The molecule has 3 nitrogen and oxygen atoms in total. The minimum Gasteiger partial charge on any atom is -1.00 e. The van der Waals surface area contributed by atoms with Crippen LogP contribution >= 0.6 is 0 Å². The molecule has 0 saturated heterocycles. The van der Waals surface area contributed by atoms with Gasteiger partial charge in [0, 0.05) is 0 Å². The molecule has 0 fully saturated rings. The van der Waals surface area contributed by atoms with E-state index in [-0.39, 0.29) is 37.1 Å². The zero-order chi connectivity index (χ0) is 6.78. The molecule has 0 heterocycles. The molecule has 0 aliphatic heterocycles. The van der Waals surface area contributed by atoms with Crippen LogP contribution in [0, 0.1) is 0 Å². The quantitative estimate of drug-likeness (QED) is 0.333. The first-order chi connectivity index (χ1) is 3.42. The fraction of sp³-hybridized carbons (Fsp3) is 1.00. The van der Waals surface area contributed by atoms with E-state index in [1.807, 2.05) is 0 Å². The van der Waals surface area contributed by atoms with Crippen LogP contribution in [0.15, 0.2) is 0 Å². The van der Waals surface area contributed by atoms with E-state index in [2.05, 4.69) is 4.18 Å². The molecule has 52 valence electrons. The van der Waals surface area contributed by atoms with Crippen LogP contribution in [-0.4, -0.2) is 20.8 Å². The fourth-order valence-corrected chi connectivity index (χ4v) is 1.05. The third-order valence-corrected chi connectivity index (χ3v) is 1.10. The summed E-state index contributed by atoms with van der Waals surface area (Å²) in [6.07, 6.45) is 0.789. The standard InChI is InChI=1S/C4H10O3S.Na.H/c1-4(2)7-8(3,5)6;;/h4H,1-3H3;;/q;+1;-1. The molecule has 0 aliphatic carbocycles. The third-order valence-electron chi connectivity index (χ3n) is 0.367. The van der Waals surface area contributed by atoms with Crippen molar-refractivity contribution in [2.45, 2.75) is 20.0 Å². The molecule has 0 atom stereocenters. The van der Waals surface area contributed by atoms with E-state index < -0.39 is 10.1 Å². The summed E-state index contributed by atoms with van der Waals surface area (Å²) in [5, 5.41) is 0. The number of hydrogen-bond donors (Lipinski definition) is 0. The normalized spacial score (nSPS) is 11.1. The zero-order valence-corrected chi connectivity index (χ0v) is 9.03. The van der Waals surface area contributed by atoms with Crippen molar-refractivity contribution in [1.29, 1.82) is 0 Å². The van der Waals surface area contributed by atoms with Gasteiger partial charge < -0.3 is 1.43 Å². The van der Waals surface area contributed by atoms with Gasteiger partial charge >= 0.3 is 29.6 Å². The summed E-state index contributed by atoms with van der Waals surface area (Å²) < 4.78 is 24.8. The Labute approximate surface area is 79.7 Å². The SMILES string of the molecule is CC(C)OS(C)(=O)=O.[H-].[Na+]. The van der Waals surface area contributed by atoms with Gasteiger partial charge in [0.2, 0.25) is 0 Å². The summed E-state index contributed by atoms with van der Waals surface area (Å²) >= 11 is 0. The molecule has 0 rings (SSSR count). The monoisotopic (exact) mass is 162 g/mol. The van der Waals surface area contributed by atoms with Crippen LogP contribution in [0.25, 0.3) is 0 Å². The predicted molar refractivity (Wildman–Crippen MR) is 32.2 cm³/mol. The van der Waals surface area contributed by atoms with Crippen molar-refractivity contribution in [3.05, 3.63) is 0 Å². The summed E-state index contributed by atoms with van der Waals surface area (Å²) in [6, 6.07) is 0. The molecule has 0 aromatic carbocycles. The Morgan fingerprint density at radius 3 is 1.78 bits per heavy atom. The van der Waals surface area contributed by atoms with Crippen molar-refractivity contribution in [3.8, 4) is 0 Å². The van der Waals surface area contributed by atoms with Crippen LogP contribution in [0.3, 0.4) is 0 Å². The van der Waals surface area contributed by atoms with Crippen LogP contribution in [-0.2, 0) is 14.3 Å². The Morgan fingerprint density at radius 2 is 1.78 bits per heavy atom. The third kappa shape index (κ3) is 12.2. The molecule has 0 bridgehead atoms. The first kappa shape index (κ1) is 12.6. The van der Waals surface area contributed by atoms with E-state index >= 15 is 0 Å². The maximum absolute atomic E-state index is 10.2. The maximum atomic E-state index is 10.2. The van der Waals surface area contributed by atoms with E-state index in [0.717, 1.165) is 6.26 Å². The fourth-order valence-electron chi connectivity index (χ4n) is 0.350. The van der Waals surface area contributed by atoms with Gasteiger partial charge in [0.1, 0.15) is 0 Å². The maximum Gasteiger partial charge on any atom is 1.00 e. The van der Waals surface area contributed by atoms with E-state index in [4.69, 9.17) is 0 Å². The molecule has 0 aromatic heterocycles. The number of rotatable bonds is 2. The topological polar surface area (TPSA) is 43.4 Å². The molecule has 0 amide bonds. The van der Waals surface area contributed by atoms with Crippen molar-refractivity contribution in [1.82, 2.24) is 0 Å². The average molecular weight is 162 g/mol. The summed E-state index contributed by atoms with van der Waals surface area (Å²) in [5.41, 5.74) is 0. The van der Waals surface area contributed by atoms with Gasteiger partial charge in [0.25, 0.3) is 10.1 Å². The Bertz CT molecular complexity index is 154. The predicted octanol–water partition coefficient (Wildman–Crippen LogP) is -2.51. The van der Waals surface area contributed by atoms with Crippen molar-refractivity contribution in [2.75, 3.05) is 6.26 Å². The Balaban J connectivity index is -0.000000245. The largest absolute Gasteiger partial charge is 1.00 e. The summed E-state index contributed by atoms with van der Waals surface area (Å²) in [4.78, 5) is 0. The summed E-state index contributed by atoms with van der Waals surface area (Å²) in [6.45, 7) is 3.34. The van der Waals surface area contributed by atoms with Gasteiger partial charge in [0.05, 0.1) is 12.4 Å². The second-order valence-electron chi connectivity index (χ2n) is 1.85. The van der Waals surface area contributed by atoms with E-state index in [1.54, 1.807) is 13.8 Å². The van der Waals surface area contributed by atoms with Gasteiger partial charge in [-0.15, -0.1) is 0 Å². The smallest absolute Gasteiger partial charge is 1.00 e. The Morgan fingerprint density at radius 1 is 1.44 bits per heavy atom. The molecular weight excluding hydrogens is 151 g/mol. The van der Waals surface area contributed by atoms with Crippen LogP contribution in [0.2, 0.25) is 0 Å². The molecule has 0 saturated carbocycles. The van der Waals surface area contributed by atoms with Crippen molar-refractivity contribution >= 4 is 10.1 Å². The van der Waals surface area contributed by atoms with Crippen LogP contribution in [0.5, 0.6) is 0 Å². The minimum absolute atomic E-state index is 0. The van der Waals surface area contributed by atoms with Gasteiger partial charge in [-0.05, 0) is 13.8 Å². The molecule has 5 heteroatoms. The zero-order valence-electron chi connectivity index (χ0n) is 7.21. The molecule has 0 spiro atoms. The molecular formula is C4H11NaO3S. The van der Waals surface area contributed by atoms with Gasteiger partial charge in [-0.1, -0.05) is 0 Å². The average Bonchev–Trinajstić information content (AvgIpc) is 1.21. The van der Waals surface area contributed by atoms with E-state index in [0.29, 0.717) is 0 Å². The molecule has 9 heavy (non-hydrogen) atoms. The van der Waals surface area contributed by atoms with Gasteiger partial charge in [0.15, 0.2) is 0 Å². The molecule has 0 radical (unpaired) electrons. The first-order valence-electron chi connectivity index (χ1n) is 2.30. The second kappa shape index (κ2) is 4.68. The van der Waals surface area contributed by atoms with Crippen LogP contribution in [0.4, 0.5) is 0 Å². The van der Waals surface area contributed by atoms with E-state index in [9.17, 15) is 8.42 Å². The molecule has 0 unspecified atom stereocenters. The summed E-state index contributed by atoms with van der Waals surface area (Å²) in [7, 11) is -3.22.